The van der Waals surface area contributed by atoms with Crippen molar-refractivity contribution < 1.29 is 27.4 Å². The number of halogens is 4. The zero-order chi connectivity index (χ0) is 20.5. The molecule has 1 aromatic heterocycles. The first-order valence-electron chi connectivity index (χ1n) is 8.22. The molecule has 0 amide bonds. The molecule has 1 atom stereocenters. The summed E-state index contributed by atoms with van der Waals surface area (Å²) in [5.74, 6) is -0.545. The summed E-state index contributed by atoms with van der Waals surface area (Å²) in [6, 6.07) is 2.20. The van der Waals surface area contributed by atoms with Gasteiger partial charge in [-0.25, -0.2) is 4.79 Å². The van der Waals surface area contributed by atoms with Crippen LogP contribution in [0.3, 0.4) is 0 Å². The van der Waals surface area contributed by atoms with Crippen LogP contribution in [-0.2, 0) is 20.4 Å². The zero-order valence-corrected chi connectivity index (χ0v) is 15.8. The van der Waals surface area contributed by atoms with Gasteiger partial charge in [0.15, 0.2) is 0 Å². The lowest BCUT2D eigenvalue weighted by Gasteiger charge is -2.39. The van der Waals surface area contributed by atoms with Crippen molar-refractivity contribution in [2.45, 2.75) is 18.8 Å². The second-order valence-electron chi connectivity index (χ2n) is 6.10. The van der Waals surface area contributed by atoms with Gasteiger partial charge in [-0.15, -0.1) is 0 Å². The molecule has 1 unspecified atom stereocenters. The van der Waals surface area contributed by atoms with Crippen LogP contribution in [0.1, 0.15) is 17.7 Å². The van der Waals surface area contributed by atoms with Crippen LogP contribution in [-0.4, -0.2) is 42.4 Å². The van der Waals surface area contributed by atoms with Gasteiger partial charge in [0.1, 0.15) is 6.17 Å². The number of methoxy groups -OCH3 is 2. The Bertz CT molecular complexity index is 880. The van der Waals surface area contributed by atoms with Crippen molar-refractivity contribution in [1.82, 2.24) is 14.7 Å². The fourth-order valence-electron chi connectivity index (χ4n) is 3.11. The van der Waals surface area contributed by atoms with Gasteiger partial charge in [0.05, 0.1) is 41.9 Å². The highest BCUT2D eigenvalue weighted by Crippen LogP contribution is 2.38. The topological polar surface area (TPSA) is 63.7 Å². The molecule has 0 aromatic carbocycles. The first kappa shape index (κ1) is 20.2. The van der Waals surface area contributed by atoms with Gasteiger partial charge in [-0.05, 0) is 23.8 Å². The highest BCUT2D eigenvalue weighted by atomic mass is 35.5. The molecule has 0 spiro atoms. The summed E-state index contributed by atoms with van der Waals surface area (Å²) < 4.78 is 51.2. The normalized spacial score (nSPS) is 19.5. The van der Waals surface area contributed by atoms with E-state index >= 15 is 0 Å². The summed E-state index contributed by atoms with van der Waals surface area (Å²) in [7, 11) is 2.71. The third-order valence-electron chi connectivity index (χ3n) is 4.40. The number of nitrogens with one attached hydrogen (secondary N) is 1. The zero-order valence-electron chi connectivity index (χ0n) is 15.0. The Morgan fingerprint density at radius 3 is 2.79 bits per heavy atom. The van der Waals surface area contributed by atoms with Crippen LogP contribution in [0.4, 0.5) is 13.2 Å². The number of esters is 1. The number of allylic oxidation sites excluding steroid dienone is 2. The van der Waals surface area contributed by atoms with Gasteiger partial charge in [0, 0.05) is 31.5 Å². The van der Waals surface area contributed by atoms with E-state index in [4.69, 9.17) is 21.3 Å². The van der Waals surface area contributed by atoms with E-state index < -0.39 is 23.9 Å². The maximum Gasteiger partial charge on any atom is 0.418 e. The van der Waals surface area contributed by atoms with E-state index in [1.54, 1.807) is 6.08 Å². The summed E-state index contributed by atoms with van der Waals surface area (Å²) in [5, 5.41) is 2.98. The number of aromatic nitrogens is 1. The van der Waals surface area contributed by atoms with Crippen molar-refractivity contribution in [3.05, 3.63) is 58.6 Å². The van der Waals surface area contributed by atoms with Gasteiger partial charge >= 0.3 is 12.1 Å². The number of rotatable bonds is 4. The number of pyridine rings is 1. The van der Waals surface area contributed by atoms with Crippen molar-refractivity contribution in [3.63, 3.8) is 0 Å². The largest absolute Gasteiger partial charge is 0.466 e. The fourth-order valence-corrected chi connectivity index (χ4v) is 3.44. The molecule has 3 rings (SSSR count). The van der Waals surface area contributed by atoms with Crippen LogP contribution in [0.15, 0.2) is 47.3 Å². The number of hydrogen-bond donors (Lipinski definition) is 1. The Hall–Kier alpha value is -2.52. The number of dihydropyridines is 1. The minimum atomic E-state index is -4.55. The summed E-state index contributed by atoms with van der Waals surface area (Å²) in [4.78, 5) is 16.0. The molecule has 1 N–H and O–H groups in total. The van der Waals surface area contributed by atoms with E-state index in [1.165, 1.54) is 37.0 Å². The predicted octanol–water partition coefficient (Wildman–Crippen LogP) is 3.23. The van der Waals surface area contributed by atoms with E-state index in [0.29, 0.717) is 16.8 Å². The number of ether oxygens (including phenoxy) is 2. The number of carbonyl (C=O) groups excluding carboxylic acids is 1. The second kappa shape index (κ2) is 7.84. The Morgan fingerprint density at radius 1 is 1.39 bits per heavy atom. The molecular weight excluding hydrogens is 399 g/mol. The number of hydrogen-bond acceptors (Lipinski definition) is 6. The lowest BCUT2D eigenvalue weighted by Crippen LogP contribution is -2.46. The molecule has 0 saturated heterocycles. The van der Waals surface area contributed by atoms with Crippen LogP contribution in [0.5, 0.6) is 0 Å². The average Bonchev–Trinajstić information content (AvgIpc) is 2.68. The second-order valence-corrected chi connectivity index (χ2v) is 6.47. The molecule has 3 heterocycles. The lowest BCUT2D eigenvalue weighted by atomic mass is 9.93. The van der Waals surface area contributed by atoms with E-state index in [2.05, 4.69) is 10.3 Å². The highest BCUT2D eigenvalue weighted by Gasteiger charge is 2.39. The van der Waals surface area contributed by atoms with E-state index in [9.17, 15) is 18.0 Å². The molecule has 0 bridgehead atoms. The molecule has 0 fully saturated rings. The minimum absolute atomic E-state index is 0.0375. The minimum Gasteiger partial charge on any atom is -0.466 e. The van der Waals surface area contributed by atoms with Gasteiger partial charge in [0.2, 0.25) is 0 Å². The third-order valence-corrected chi connectivity index (χ3v) is 4.80. The summed E-state index contributed by atoms with van der Waals surface area (Å²) in [6.45, 7) is 0.0375. The van der Waals surface area contributed by atoms with Crippen LogP contribution in [0.25, 0.3) is 5.70 Å². The van der Waals surface area contributed by atoms with Gasteiger partial charge in [0.25, 0.3) is 0 Å². The van der Waals surface area contributed by atoms with Crippen LogP contribution in [0, 0.1) is 0 Å². The summed E-state index contributed by atoms with van der Waals surface area (Å²) in [6.07, 6.45) is -0.579. The van der Waals surface area contributed by atoms with Gasteiger partial charge in [-0.3, -0.25) is 9.40 Å². The molecule has 0 saturated carbocycles. The molecule has 0 radical (unpaired) electrons. The predicted molar refractivity (Wildman–Crippen MR) is 95.4 cm³/mol. The number of fused-ring (bicyclic) bond motifs is 1. The van der Waals surface area contributed by atoms with Crippen molar-refractivity contribution in [2.24, 2.45) is 0 Å². The fraction of sp³-hybridized carbons (Fsp3) is 0.333. The van der Waals surface area contributed by atoms with Crippen molar-refractivity contribution in [2.75, 3.05) is 20.8 Å². The van der Waals surface area contributed by atoms with E-state index in [0.717, 1.165) is 6.07 Å². The molecule has 28 heavy (non-hydrogen) atoms. The van der Waals surface area contributed by atoms with Crippen LogP contribution in [0.2, 0.25) is 0 Å². The first-order valence-corrected chi connectivity index (χ1v) is 8.56. The molecule has 2 aliphatic rings. The number of alkyl halides is 3. The Morgan fingerprint density at radius 2 is 2.14 bits per heavy atom. The maximum absolute atomic E-state index is 13.3. The van der Waals surface area contributed by atoms with Crippen molar-refractivity contribution in [3.8, 4) is 0 Å². The molecule has 0 aliphatic carbocycles. The number of carbonyl (C=O) groups is 1. The monoisotopic (exact) mass is 415 g/mol. The van der Waals surface area contributed by atoms with Gasteiger partial charge in [-0.1, -0.05) is 6.08 Å². The third kappa shape index (κ3) is 3.72. The quantitative estimate of drug-likeness (QED) is 0.601. The Balaban J connectivity index is 2.00. The lowest BCUT2D eigenvalue weighted by molar-refractivity contribution is -0.138. The highest BCUT2D eigenvalue weighted by molar-refractivity contribution is 6.15. The van der Waals surface area contributed by atoms with Crippen molar-refractivity contribution >= 4 is 23.4 Å². The molecule has 150 valence electrons. The van der Waals surface area contributed by atoms with Crippen molar-refractivity contribution in [1.29, 1.82) is 0 Å². The summed E-state index contributed by atoms with van der Waals surface area (Å²) >= 11 is 6.43. The Labute approximate surface area is 164 Å². The molecule has 1 aromatic rings. The Kier molecular flexibility index (Phi) is 5.66. The molecule has 10 heteroatoms. The van der Waals surface area contributed by atoms with Gasteiger partial charge in [-0.2, -0.15) is 13.2 Å². The number of nitrogens with zero attached hydrogens (tertiary/aromatic N) is 2. The molecule has 6 nitrogen and oxygen atoms in total. The maximum atomic E-state index is 13.3. The first-order chi connectivity index (χ1) is 13.3. The molecular formula is C18H17ClF3N3O3. The van der Waals surface area contributed by atoms with Gasteiger partial charge < -0.3 is 14.8 Å². The van der Waals surface area contributed by atoms with Crippen LogP contribution >= 0.6 is 11.8 Å². The SMILES string of the molecule is COCC1=C(C(=O)OC)CC2=CC=C(c3ncccc3C(F)(F)F)NC2N1Cl. The van der Waals surface area contributed by atoms with E-state index in [-0.39, 0.29) is 24.4 Å². The average molecular weight is 416 g/mol. The summed E-state index contributed by atoms with van der Waals surface area (Å²) in [5.41, 5.74) is 0.490. The van der Waals surface area contributed by atoms with Crippen LogP contribution < -0.4 is 5.32 Å². The smallest absolute Gasteiger partial charge is 0.418 e. The van der Waals surface area contributed by atoms with E-state index in [1.807, 2.05) is 0 Å². The molecule has 2 aliphatic heterocycles. The standard InChI is InChI=1S/C18H17ClF3N3O3/c1-27-9-14-11(17(26)28-2)8-10-5-6-13(24-16(10)25(14)19)15-12(18(20,21)22)4-3-7-23-15/h3-7,16,24H,8-9H2,1-2H3.